The molecule has 1 aliphatic heterocycles. The van der Waals surface area contributed by atoms with Crippen LogP contribution in [0.3, 0.4) is 0 Å². The zero-order chi connectivity index (χ0) is 15.2. The van der Waals surface area contributed by atoms with Gasteiger partial charge in [0.15, 0.2) is 0 Å². The number of aliphatic hydroxyl groups excluding tert-OH is 1. The number of hydrogen-bond acceptors (Lipinski definition) is 3. The average Bonchev–Trinajstić information content (AvgIpc) is 2.50. The van der Waals surface area contributed by atoms with Crippen molar-refractivity contribution in [2.24, 2.45) is 0 Å². The molecular formula is C17H31NO2. The number of benzene rings is 1. The largest absolute Gasteiger partial charge is 0.393 e. The first-order valence-corrected chi connectivity index (χ1v) is 7.63. The fraction of sp³-hybridized carbons (Fsp3) is 0.647. The van der Waals surface area contributed by atoms with Gasteiger partial charge in [0, 0.05) is 26.7 Å². The third kappa shape index (κ3) is 9.96. The number of piperidine rings is 1. The molecule has 20 heavy (non-hydrogen) atoms. The fourth-order valence-corrected chi connectivity index (χ4v) is 1.90. The van der Waals surface area contributed by atoms with Crippen LogP contribution >= 0.6 is 0 Å². The van der Waals surface area contributed by atoms with Gasteiger partial charge in [-0.2, -0.15) is 0 Å². The van der Waals surface area contributed by atoms with Crippen molar-refractivity contribution in [1.82, 2.24) is 4.90 Å². The van der Waals surface area contributed by atoms with Gasteiger partial charge in [0.25, 0.3) is 0 Å². The Bertz CT molecular complexity index is 292. The van der Waals surface area contributed by atoms with Crippen LogP contribution in [0.25, 0.3) is 0 Å². The standard InChI is InChI=1S/C8H17NO2.C7H8.C2H6/c1-11-7-6-9-4-2-8(10)3-5-9;1-7-5-3-2-4-6-7;1-2/h8,10H,2-7H2,1H3;2-6H,1H3;1-2H3. The van der Waals surface area contributed by atoms with E-state index in [9.17, 15) is 5.11 Å². The van der Waals surface area contributed by atoms with Gasteiger partial charge in [-0.25, -0.2) is 0 Å². The van der Waals surface area contributed by atoms with Crippen LogP contribution in [0.2, 0.25) is 0 Å². The molecule has 1 fully saturated rings. The normalized spacial score (nSPS) is 15.7. The second-order valence-corrected chi connectivity index (χ2v) is 4.72. The van der Waals surface area contributed by atoms with Gasteiger partial charge in [-0.1, -0.05) is 49.7 Å². The third-order valence-corrected chi connectivity index (χ3v) is 3.11. The Morgan fingerprint density at radius 3 is 2.10 bits per heavy atom. The Morgan fingerprint density at radius 1 is 1.15 bits per heavy atom. The molecular weight excluding hydrogens is 250 g/mol. The minimum atomic E-state index is -0.0613. The molecule has 0 aliphatic carbocycles. The van der Waals surface area contributed by atoms with E-state index in [1.807, 2.05) is 32.0 Å². The monoisotopic (exact) mass is 281 g/mol. The Hall–Kier alpha value is -0.900. The summed E-state index contributed by atoms with van der Waals surface area (Å²) in [6.07, 6.45) is 1.78. The molecule has 0 bridgehead atoms. The van der Waals surface area contributed by atoms with Crippen molar-refractivity contribution in [3.63, 3.8) is 0 Å². The molecule has 1 aliphatic rings. The molecule has 3 nitrogen and oxygen atoms in total. The molecule has 0 spiro atoms. The van der Waals surface area contributed by atoms with Gasteiger partial charge in [-0.15, -0.1) is 0 Å². The molecule has 0 unspecified atom stereocenters. The Kier molecular flexibility index (Phi) is 12.5. The summed E-state index contributed by atoms with van der Waals surface area (Å²) in [7, 11) is 1.72. The molecule has 1 saturated heterocycles. The van der Waals surface area contributed by atoms with Crippen LogP contribution in [0.5, 0.6) is 0 Å². The Labute approximate surface area is 124 Å². The minimum Gasteiger partial charge on any atom is -0.393 e. The number of aliphatic hydroxyl groups is 1. The van der Waals surface area contributed by atoms with Gasteiger partial charge in [0.1, 0.15) is 0 Å². The maximum Gasteiger partial charge on any atom is 0.0589 e. The molecule has 1 aromatic carbocycles. The summed E-state index contributed by atoms with van der Waals surface area (Å²) in [6, 6.07) is 10.3. The summed E-state index contributed by atoms with van der Waals surface area (Å²) in [5.41, 5.74) is 1.32. The van der Waals surface area contributed by atoms with Crippen molar-refractivity contribution in [3.05, 3.63) is 35.9 Å². The van der Waals surface area contributed by atoms with Crippen molar-refractivity contribution >= 4 is 0 Å². The zero-order valence-electron chi connectivity index (χ0n) is 13.5. The molecule has 0 amide bonds. The molecule has 3 heteroatoms. The topological polar surface area (TPSA) is 32.7 Å². The predicted molar refractivity (Wildman–Crippen MR) is 86.1 cm³/mol. The summed E-state index contributed by atoms with van der Waals surface area (Å²) in [6.45, 7) is 9.92. The highest BCUT2D eigenvalue weighted by molar-refractivity contribution is 5.11. The fourth-order valence-electron chi connectivity index (χ4n) is 1.90. The molecule has 0 saturated carbocycles. The van der Waals surface area contributed by atoms with Gasteiger partial charge >= 0.3 is 0 Å². The second kappa shape index (κ2) is 13.1. The van der Waals surface area contributed by atoms with Crippen molar-refractivity contribution in [2.75, 3.05) is 33.4 Å². The summed E-state index contributed by atoms with van der Waals surface area (Å²) < 4.78 is 4.97. The number of likely N-dealkylation sites (tertiary alicyclic amines) is 1. The molecule has 1 aromatic rings. The lowest BCUT2D eigenvalue weighted by atomic mass is 10.1. The van der Waals surface area contributed by atoms with Gasteiger partial charge in [0.2, 0.25) is 0 Å². The maximum atomic E-state index is 9.19. The first-order chi connectivity index (χ1) is 9.72. The van der Waals surface area contributed by atoms with Gasteiger partial charge < -0.3 is 14.7 Å². The quantitative estimate of drug-likeness (QED) is 0.924. The number of hydrogen-bond donors (Lipinski definition) is 1. The van der Waals surface area contributed by atoms with Crippen LogP contribution in [-0.4, -0.2) is 49.5 Å². The lowest BCUT2D eigenvalue weighted by Gasteiger charge is -2.28. The first-order valence-electron chi connectivity index (χ1n) is 7.63. The third-order valence-electron chi connectivity index (χ3n) is 3.11. The van der Waals surface area contributed by atoms with E-state index in [0.29, 0.717) is 0 Å². The smallest absolute Gasteiger partial charge is 0.0589 e. The highest BCUT2D eigenvalue weighted by atomic mass is 16.5. The van der Waals surface area contributed by atoms with Crippen LogP contribution in [-0.2, 0) is 4.74 Å². The molecule has 0 radical (unpaired) electrons. The lowest BCUT2D eigenvalue weighted by Crippen LogP contribution is -2.37. The summed E-state index contributed by atoms with van der Waals surface area (Å²) in [5.74, 6) is 0. The number of ether oxygens (including phenoxy) is 1. The van der Waals surface area contributed by atoms with Crippen LogP contribution in [0, 0.1) is 6.92 Å². The summed E-state index contributed by atoms with van der Waals surface area (Å²) >= 11 is 0. The van der Waals surface area contributed by atoms with Crippen molar-refractivity contribution in [3.8, 4) is 0 Å². The van der Waals surface area contributed by atoms with E-state index in [1.165, 1.54) is 5.56 Å². The van der Waals surface area contributed by atoms with Crippen molar-refractivity contribution in [1.29, 1.82) is 0 Å². The van der Waals surface area contributed by atoms with Gasteiger partial charge in [-0.3, -0.25) is 0 Å². The van der Waals surface area contributed by atoms with Crippen LogP contribution in [0.1, 0.15) is 32.3 Å². The average molecular weight is 281 g/mol. The summed E-state index contributed by atoms with van der Waals surface area (Å²) in [5, 5.41) is 9.19. The van der Waals surface area contributed by atoms with Crippen molar-refractivity contribution < 1.29 is 9.84 Å². The van der Waals surface area contributed by atoms with E-state index >= 15 is 0 Å². The van der Waals surface area contributed by atoms with E-state index in [0.717, 1.165) is 39.1 Å². The predicted octanol–water partition coefficient (Wildman–Crippen LogP) is 3.11. The molecule has 2 rings (SSSR count). The summed E-state index contributed by atoms with van der Waals surface area (Å²) in [4.78, 5) is 2.33. The van der Waals surface area contributed by atoms with Crippen LogP contribution < -0.4 is 0 Å². The molecule has 0 atom stereocenters. The zero-order valence-corrected chi connectivity index (χ0v) is 13.5. The van der Waals surface area contributed by atoms with E-state index in [4.69, 9.17) is 4.74 Å². The van der Waals surface area contributed by atoms with E-state index < -0.39 is 0 Å². The first kappa shape index (κ1) is 19.1. The molecule has 1 N–H and O–H groups in total. The Balaban J connectivity index is 0.000000345. The maximum absolute atomic E-state index is 9.19. The van der Waals surface area contributed by atoms with Crippen molar-refractivity contribution in [2.45, 2.75) is 39.7 Å². The second-order valence-electron chi connectivity index (χ2n) is 4.72. The van der Waals surface area contributed by atoms with E-state index in [1.54, 1.807) is 7.11 Å². The number of methoxy groups -OCH3 is 1. The minimum absolute atomic E-state index is 0.0613. The molecule has 116 valence electrons. The van der Waals surface area contributed by atoms with Gasteiger partial charge in [-0.05, 0) is 19.8 Å². The molecule has 1 heterocycles. The number of aryl methyl sites for hydroxylation is 1. The number of nitrogens with zero attached hydrogens (tertiary/aromatic N) is 1. The SMILES string of the molecule is CC.COCCN1CCC(O)CC1.Cc1ccccc1. The number of rotatable bonds is 3. The van der Waals surface area contributed by atoms with Crippen LogP contribution in [0.4, 0.5) is 0 Å². The van der Waals surface area contributed by atoms with E-state index in [-0.39, 0.29) is 6.10 Å². The highest BCUT2D eigenvalue weighted by Crippen LogP contribution is 2.08. The van der Waals surface area contributed by atoms with Crippen LogP contribution in [0.15, 0.2) is 30.3 Å². The highest BCUT2D eigenvalue weighted by Gasteiger charge is 2.15. The van der Waals surface area contributed by atoms with Gasteiger partial charge in [0.05, 0.1) is 12.7 Å². The Morgan fingerprint density at radius 2 is 1.70 bits per heavy atom. The van der Waals surface area contributed by atoms with E-state index in [2.05, 4.69) is 24.0 Å². The molecule has 0 aromatic heterocycles. The lowest BCUT2D eigenvalue weighted by molar-refractivity contribution is 0.0666.